The number of carbonyl (C=O) groups excluding carboxylic acids is 2. The molecule has 1 aromatic rings. The standard InChI is InChI=1S/C18H25ClN4O2/c19-14-5-1-2-6-15(14)21-16(24)13-22-9-11-23(12-10-22)17(25)18(20)7-3-4-8-18/h1-2,5-6H,3-4,7-13,20H2,(H,21,24). The first-order chi connectivity index (χ1) is 12.0. The predicted octanol–water partition coefficient (Wildman–Crippen LogP) is 1.69. The number of rotatable bonds is 4. The maximum Gasteiger partial charge on any atom is 0.242 e. The number of para-hydroxylation sites is 1. The molecule has 0 unspecified atom stereocenters. The van der Waals surface area contributed by atoms with Gasteiger partial charge >= 0.3 is 0 Å². The van der Waals surface area contributed by atoms with Gasteiger partial charge in [-0.2, -0.15) is 0 Å². The normalized spacial score (nSPS) is 20.5. The van der Waals surface area contributed by atoms with E-state index in [4.69, 9.17) is 17.3 Å². The third-order valence-electron chi connectivity index (χ3n) is 5.10. The number of nitrogens with two attached hydrogens (primary N) is 1. The average molecular weight is 365 g/mol. The first-order valence-corrected chi connectivity index (χ1v) is 9.21. The summed E-state index contributed by atoms with van der Waals surface area (Å²) < 4.78 is 0. The largest absolute Gasteiger partial charge is 0.339 e. The monoisotopic (exact) mass is 364 g/mol. The van der Waals surface area contributed by atoms with E-state index < -0.39 is 5.54 Å². The molecule has 0 atom stereocenters. The highest BCUT2D eigenvalue weighted by atomic mass is 35.5. The molecule has 7 heteroatoms. The Bertz CT molecular complexity index is 638. The van der Waals surface area contributed by atoms with E-state index in [1.807, 2.05) is 21.9 Å². The molecule has 0 aromatic heterocycles. The van der Waals surface area contributed by atoms with Crippen LogP contribution >= 0.6 is 11.6 Å². The Kier molecular flexibility index (Phi) is 5.61. The maximum atomic E-state index is 12.6. The molecule has 0 radical (unpaired) electrons. The molecule has 0 spiro atoms. The molecular formula is C18H25ClN4O2. The lowest BCUT2D eigenvalue weighted by Gasteiger charge is -2.38. The molecule has 136 valence electrons. The Hall–Kier alpha value is -1.63. The topological polar surface area (TPSA) is 78.7 Å². The minimum Gasteiger partial charge on any atom is -0.339 e. The van der Waals surface area contributed by atoms with E-state index in [1.54, 1.807) is 12.1 Å². The molecule has 0 bridgehead atoms. The van der Waals surface area contributed by atoms with Crippen molar-refractivity contribution in [2.75, 3.05) is 38.0 Å². The van der Waals surface area contributed by atoms with Crippen molar-refractivity contribution in [2.24, 2.45) is 5.73 Å². The van der Waals surface area contributed by atoms with Gasteiger partial charge < -0.3 is 16.0 Å². The van der Waals surface area contributed by atoms with Crippen LogP contribution in [0.5, 0.6) is 0 Å². The Balaban J connectivity index is 1.47. The smallest absolute Gasteiger partial charge is 0.242 e. The molecule has 3 N–H and O–H groups in total. The van der Waals surface area contributed by atoms with Crippen molar-refractivity contribution in [2.45, 2.75) is 31.2 Å². The number of nitrogens with one attached hydrogen (secondary N) is 1. The highest BCUT2D eigenvalue weighted by Gasteiger charge is 2.40. The summed E-state index contributed by atoms with van der Waals surface area (Å²) in [6, 6.07) is 7.17. The van der Waals surface area contributed by atoms with Crippen LogP contribution in [-0.4, -0.2) is 59.9 Å². The zero-order chi connectivity index (χ0) is 17.9. The molecule has 1 aliphatic heterocycles. The molecule has 25 heavy (non-hydrogen) atoms. The van der Waals surface area contributed by atoms with E-state index in [0.29, 0.717) is 43.4 Å². The van der Waals surface area contributed by atoms with E-state index in [-0.39, 0.29) is 11.8 Å². The van der Waals surface area contributed by atoms with Gasteiger partial charge in [0.25, 0.3) is 0 Å². The van der Waals surface area contributed by atoms with Crippen molar-refractivity contribution >= 4 is 29.1 Å². The van der Waals surface area contributed by atoms with Crippen molar-refractivity contribution < 1.29 is 9.59 Å². The number of hydrogen-bond acceptors (Lipinski definition) is 4. The molecule has 1 saturated heterocycles. The number of halogens is 1. The van der Waals surface area contributed by atoms with Crippen molar-refractivity contribution in [3.8, 4) is 0 Å². The Morgan fingerprint density at radius 3 is 2.40 bits per heavy atom. The van der Waals surface area contributed by atoms with E-state index in [2.05, 4.69) is 5.32 Å². The van der Waals surface area contributed by atoms with Gasteiger partial charge in [0, 0.05) is 26.2 Å². The van der Waals surface area contributed by atoms with Gasteiger partial charge in [-0.05, 0) is 25.0 Å². The van der Waals surface area contributed by atoms with Gasteiger partial charge in [-0.3, -0.25) is 14.5 Å². The first kappa shape index (κ1) is 18.2. The summed E-state index contributed by atoms with van der Waals surface area (Å²) in [7, 11) is 0. The van der Waals surface area contributed by atoms with Gasteiger partial charge in [0.2, 0.25) is 11.8 Å². The Morgan fingerprint density at radius 2 is 1.76 bits per heavy atom. The summed E-state index contributed by atoms with van der Waals surface area (Å²) >= 11 is 6.06. The molecular weight excluding hydrogens is 340 g/mol. The molecule has 1 aliphatic carbocycles. The molecule has 3 rings (SSSR count). The fourth-order valence-electron chi connectivity index (χ4n) is 3.60. The number of amides is 2. The molecule has 1 saturated carbocycles. The SMILES string of the molecule is NC1(C(=O)N2CCN(CC(=O)Nc3ccccc3Cl)CC2)CCCC1. The summed E-state index contributed by atoms with van der Waals surface area (Å²) in [5.41, 5.74) is 6.22. The van der Waals surface area contributed by atoms with Crippen molar-refractivity contribution in [1.82, 2.24) is 9.80 Å². The van der Waals surface area contributed by atoms with E-state index in [1.165, 1.54) is 0 Å². The second kappa shape index (κ2) is 7.72. The second-order valence-electron chi connectivity index (χ2n) is 6.96. The van der Waals surface area contributed by atoms with Gasteiger partial charge in [-0.25, -0.2) is 0 Å². The Labute approximate surface area is 153 Å². The fourth-order valence-corrected chi connectivity index (χ4v) is 3.78. The molecule has 1 aromatic carbocycles. The van der Waals surface area contributed by atoms with Crippen molar-refractivity contribution in [1.29, 1.82) is 0 Å². The minimum atomic E-state index is -0.663. The second-order valence-corrected chi connectivity index (χ2v) is 7.37. The number of benzene rings is 1. The zero-order valence-corrected chi connectivity index (χ0v) is 15.1. The summed E-state index contributed by atoms with van der Waals surface area (Å²) in [5, 5.41) is 3.35. The minimum absolute atomic E-state index is 0.0742. The quantitative estimate of drug-likeness (QED) is 0.852. The van der Waals surface area contributed by atoms with E-state index >= 15 is 0 Å². The molecule has 6 nitrogen and oxygen atoms in total. The third kappa shape index (κ3) is 4.32. The highest BCUT2D eigenvalue weighted by Crippen LogP contribution is 2.29. The third-order valence-corrected chi connectivity index (χ3v) is 5.43. The molecule has 2 aliphatic rings. The van der Waals surface area contributed by atoms with Crippen molar-refractivity contribution in [3.63, 3.8) is 0 Å². The van der Waals surface area contributed by atoms with Crippen LogP contribution in [-0.2, 0) is 9.59 Å². The summed E-state index contributed by atoms with van der Waals surface area (Å²) in [6.45, 7) is 2.89. The van der Waals surface area contributed by atoms with Gasteiger partial charge in [-0.1, -0.05) is 36.6 Å². The Morgan fingerprint density at radius 1 is 1.12 bits per heavy atom. The van der Waals surface area contributed by atoms with Gasteiger partial charge in [0.15, 0.2) is 0 Å². The van der Waals surface area contributed by atoms with Crippen LogP contribution in [0, 0.1) is 0 Å². The number of piperazine rings is 1. The summed E-state index contributed by atoms with van der Waals surface area (Å²) in [4.78, 5) is 28.7. The number of anilines is 1. The zero-order valence-electron chi connectivity index (χ0n) is 14.3. The van der Waals surface area contributed by atoms with Crippen LogP contribution in [0.25, 0.3) is 0 Å². The fraction of sp³-hybridized carbons (Fsp3) is 0.556. The summed E-state index contributed by atoms with van der Waals surface area (Å²) in [6.07, 6.45) is 3.63. The lowest BCUT2D eigenvalue weighted by atomic mass is 9.97. The number of carbonyl (C=O) groups is 2. The van der Waals surface area contributed by atoms with E-state index in [9.17, 15) is 9.59 Å². The van der Waals surface area contributed by atoms with Gasteiger partial charge in [-0.15, -0.1) is 0 Å². The van der Waals surface area contributed by atoms with Crippen LogP contribution in [0.2, 0.25) is 5.02 Å². The highest BCUT2D eigenvalue weighted by molar-refractivity contribution is 6.33. The first-order valence-electron chi connectivity index (χ1n) is 8.83. The average Bonchev–Trinajstić information content (AvgIpc) is 3.05. The predicted molar refractivity (Wildman–Crippen MR) is 98.5 cm³/mol. The molecule has 2 fully saturated rings. The number of hydrogen-bond donors (Lipinski definition) is 2. The molecule has 2 amide bonds. The van der Waals surface area contributed by atoms with Gasteiger partial charge in [0.05, 0.1) is 22.8 Å². The van der Waals surface area contributed by atoms with Crippen LogP contribution < -0.4 is 11.1 Å². The van der Waals surface area contributed by atoms with Gasteiger partial charge in [0.1, 0.15) is 0 Å². The van der Waals surface area contributed by atoms with E-state index in [0.717, 1.165) is 25.7 Å². The molecule has 1 heterocycles. The van der Waals surface area contributed by atoms with Crippen molar-refractivity contribution in [3.05, 3.63) is 29.3 Å². The maximum absolute atomic E-state index is 12.6. The lowest BCUT2D eigenvalue weighted by molar-refractivity contribution is -0.138. The van der Waals surface area contributed by atoms with Crippen LogP contribution in [0.15, 0.2) is 24.3 Å². The summed E-state index contributed by atoms with van der Waals surface area (Å²) in [5.74, 6) is -0.0240. The number of nitrogens with zero attached hydrogens (tertiary/aromatic N) is 2. The van der Waals surface area contributed by atoms with Crippen LogP contribution in [0.1, 0.15) is 25.7 Å². The lowest BCUT2D eigenvalue weighted by Crippen LogP contribution is -2.58. The van der Waals surface area contributed by atoms with Crippen LogP contribution in [0.3, 0.4) is 0 Å². The van der Waals surface area contributed by atoms with Crippen LogP contribution in [0.4, 0.5) is 5.69 Å².